The number of para-hydroxylation sites is 1. The maximum atomic E-state index is 13.2. The summed E-state index contributed by atoms with van der Waals surface area (Å²) in [5, 5.41) is 11.8. The summed E-state index contributed by atoms with van der Waals surface area (Å²) in [6.45, 7) is 0.270. The number of halogens is 1. The van der Waals surface area contributed by atoms with Gasteiger partial charge in [0.25, 0.3) is 5.91 Å². The predicted molar refractivity (Wildman–Crippen MR) is 110 cm³/mol. The Morgan fingerprint density at radius 3 is 2.59 bits per heavy atom. The van der Waals surface area contributed by atoms with Crippen molar-refractivity contribution in [2.45, 2.75) is 18.6 Å². The van der Waals surface area contributed by atoms with E-state index < -0.39 is 11.5 Å². The fourth-order valence-electron chi connectivity index (χ4n) is 3.48. The van der Waals surface area contributed by atoms with E-state index in [2.05, 4.69) is 0 Å². The molecule has 0 aliphatic carbocycles. The molecular formula is C23H18ClNO4. The summed E-state index contributed by atoms with van der Waals surface area (Å²) < 4.78 is 5.16. The molecule has 2 aromatic carbocycles. The molecule has 1 aromatic heterocycles. The lowest BCUT2D eigenvalue weighted by Crippen LogP contribution is -2.41. The van der Waals surface area contributed by atoms with Gasteiger partial charge in [0.15, 0.2) is 11.4 Å². The first-order valence-corrected chi connectivity index (χ1v) is 9.48. The first-order valence-electron chi connectivity index (χ1n) is 9.10. The molecule has 1 N–H and O–H groups in total. The van der Waals surface area contributed by atoms with E-state index in [0.29, 0.717) is 22.0 Å². The van der Waals surface area contributed by atoms with Gasteiger partial charge in [-0.3, -0.25) is 9.59 Å². The average molecular weight is 408 g/mol. The number of nitrogens with zero attached hydrogens (tertiary/aromatic N) is 1. The number of rotatable bonds is 6. The van der Waals surface area contributed by atoms with Crippen molar-refractivity contribution in [3.8, 4) is 0 Å². The molecule has 0 bridgehead atoms. The molecule has 1 aliphatic heterocycles. The van der Waals surface area contributed by atoms with Crippen molar-refractivity contribution in [1.82, 2.24) is 0 Å². The third kappa shape index (κ3) is 3.75. The smallest absolute Gasteiger partial charge is 0.264 e. The van der Waals surface area contributed by atoms with Crippen LogP contribution in [0.5, 0.6) is 0 Å². The van der Waals surface area contributed by atoms with Crippen molar-refractivity contribution < 1.29 is 19.1 Å². The van der Waals surface area contributed by atoms with Crippen LogP contribution in [0.15, 0.2) is 77.4 Å². The Morgan fingerprint density at radius 1 is 1.10 bits per heavy atom. The van der Waals surface area contributed by atoms with Gasteiger partial charge in [0.2, 0.25) is 0 Å². The summed E-state index contributed by atoms with van der Waals surface area (Å²) in [4.78, 5) is 27.2. The quantitative estimate of drug-likeness (QED) is 0.617. The highest BCUT2D eigenvalue weighted by molar-refractivity contribution is 6.30. The molecule has 2 heterocycles. The first kappa shape index (κ1) is 19.2. The Hall–Kier alpha value is -3.15. The molecule has 29 heavy (non-hydrogen) atoms. The Labute approximate surface area is 172 Å². The number of hydrogen-bond acceptors (Lipinski definition) is 4. The fraction of sp³-hybridized carbons (Fsp3) is 0.130. The van der Waals surface area contributed by atoms with Gasteiger partial charge in [0.05, 0.1) is 24.9 Å². The first-order chi connectivity index (χ1) is 14.0. The third-order valence-electron chi connectivity index (χ3n) is 4.90. The van der Waals surface area contributed by atoms with Gasteiger partial charge >= 0.3 is 0 Å². The van der Waals surface area contributed by atoms with Crippen LogP contribution in [0.3, 0.4) is 0 Å². The van der Waals surface area contributed by atoms with Gasteiger partial charge in [-0.05, 0) is 48.0 Å². The molecule has 0 saturated carbocycles. The standard InChI is InChI=1S/C23H18ClNO4/c24-17-9-7-16(8-10-17)15-25-21-6-2-1-5-20(21)23(28,22(25)27)14-18(26)11-12-19-4-3-13-29-19/h1-13,28H,14-15H2/b12-11+/t23-/m1/s1. The molecule has 0 fully saturated rings. The molecule has 1 atom stereocenters. The lowest BCUT2D eigenvalue weighted by atomic mass is 9.90. The number of carbonyl (C=O) groups excluding carboxylic acids is 2. The van der Waals surface area contributed by atoms with E-state index in [9.17, 15) is 14.7 Å². The topological polar surface area (TPSA) is 70.7 Å². The van der Waals surface area contributed by atoms with E-state index in [1.807, 2.05) is 12.1 Å². The lowest BCUT2D eigenvalue weighted by molar-refractivity contribution is -0.140. The number of amides is 1. The van der Waals surface area contributed by atoms with Crippen molar-refractivity contribution in [2.24, 2.45) is 0 Å². The van der Waals surface area contributed by atoms with Crippen molar-refractivity contribution in [1.29, 1.82) is 0 Å². The summed E-state index contributed by atoms with van der Waals surface area (Å²) in [5.41, 5.74) is -0.0181. The third-order valence-corrected chi connectivity index (χ3v) is 5.15. The van der Waals surface area contributed by atoms with Crippen LogP contribution >= 0.6 is 11.6 Å². The van der Waals surface area contributed by atoms with Gasteiger partial charge in [0.1, 0.15) is 5.76 Å². The second-order valence-corrected chi connectivity index (χ2v) is 7.32. The van der Waals surface area contributed by atoms with E-state index in [0.717, 1.165) is 5.56 Å². The number of hydrogen-bond donors (Lipinski definition) is 1. The molecular weight excluding hydrogens is 390 g/mol. The number of fused-ring (bicyclic) bond motifs is 1. The number of ketones is 1. The largest absolute Gasteiger partial charge is 0.465 e. The Balaban J connectivity index is 1.60. The lowest BCUT2D eigenvalue weighted by Gasteiger charge is -2.22. The zero-order chi connectivity index (χ0) is 20.4. The van der Waals surface area contributed by atoms with Crippen molar-refractivity contribution in [2.75, 3.05) is 4.90 Å². The predicted octanol–water partition coefficient (Wildman–Crippen LogP) is 4.34. The molecule has 1 amide bonds. The minimum Gasteiger partial charge on any atom is -0.465 e. The molecule has 1 aliphatic rings. The highest BCUT2D eigenvalue weighted by Gasteiger charge is 2.50. The van der Waals surface area contributed by atoms with E-state index in [-0.39, 0.29) is 18.7 Å². The van der Waals surface area contributed by atoms with Gasteiger partial charge < -0.3 is 14.4 Å². The Bertz CT molecular complexity index is 1070. The summed E-state index contributed by atoms with van der Waals surface area (Å²) in [6, 6.07) is 17.6. The summed E-state index contributed by atoms with van der Waals surface area (Å²) in [5.74, 6) is -0.373. The van der Waals surface area contributed by atoms with E-state index >= 15 is 0 Å². The van der Waals surface area contributed by atoms with Gasteiger partial charge in [0, 0.05) is 10.6 Å². The highest BCUT2D eigenvalue weighted by atomic mass is 35.5. The molecule has 3 aromatic rings. The van der Waals surface area contributed by atoms with Gasteiger partial charge in [-0.2, -0.15) is 0 Å². The minimum absolute atomic E-state index is 0.270. The summed E-state index contributed by atoms with van der Waals surface area (Å²) in [6.07, 6.45) is 3.98. The van der Waals surface area contributed by atoms with Crippen LogP contribution in [-0.4, -0.2) is 16.8 Å². The zero-order valence-electron chi connectivity index (χ0n) is 15.4. The van der Waals surface area contributed by atoms with Gasteiger partial charge in [-0.25, -0.2) is 0 Å². The molecule has 0 unspecified atom stereocenters. The van der Waals surface area contributed by atoms with E-state index in [4.69, 9.17) is 16.0 Å². The molecule has 0 saturated heterocycles. The number of furan rings is 1. The van der Waals surface area contributed by atoms with Crippen molar-refractivity contribution in [3.05, 3.63) is 94.9 Å². The highest BCUT2D eigenvalue weighted by Crippen LogP contribution is 2.43. The van der Waals surface area contributed by atoms with Crippen molar-refractivity contribution >= 4 is 35.1 Å². The SMILES string of the molecule is O=C(/C=C/c1ccco1)C[C@]1(O)C(=O)N(Cc2ccc(Cl)cc2)c2ccccc21. The number of carbonyl (C=O) groups is 2. The molecule has 146 valence electrons. The number of anilines is 1. The van der Waals surface area contributed by atoms with Crippen molar-refractivity contribution in [3.63, 3.8) is 0 Å². The van der Waals surface area contributed by atoms with Crippen LogP contribution in [-0.2, 0) is 21.7 Å². The maximum Gasteiger partial charge on any atom is 0.264 e. The Morgan fingerprint density at radius 2 is 1.86 bits per heavy atom. The zero-order valence-corrected chi connectivity index (χ0v) is 16.2. The second kappa shape index (κ2) is 7.70. The van der Waals surface area contributed by atoms with Crippen LogP contribution in [0, 0.1) is 0 Å². The molecule has 0 spiro atoms. The van der Waals surface area contributed by atoms with Crippen LogP contribution in [0.25, 0.3) is 6.08 Å². The fourth-order valence-corrected chi connectivity index (χ4v) is 3.61. The van der Waals surface area contributed by atoms with E-state index in [1.165, 1.54) is 23.3 Å². The number of benzene rings is 2. The van der Waals surface area contributed by atoms with Crippen LogP contribution in [0.2, 0.25) is 5.02 Å². The maximum absolute atomic E-state index is 13.2. The number of allylic oxidation sites excluding steroid dienone is 1. The van der Waals surface area contributed by atoms with Crippen LogP contribution < -0.4 is 4.90 Å². The normalized spacial score (nSPS) is 18.4. The van der Waals surface area contributed by atoms with Gasteiger partial charge in [-0.15, -0.1) is 0 Å². The minimum atomic E-state index is -1.91. The molecule has 4 rings (SSSR count). The van der Waals surface area contributed by atoms with Gasteiger partial charge in [-0.1, -0.05) is 41.9 Å². The monoisotopic (exact) mass is 407 g/mol. The molecule has 0 radical (unpaired) electrons. The van der Waals surface area contributed by atoms with E-state index in [1.54, 1.807) is 48.5 Å². The molecule has 5 nitrogen and oxygen atoms in total. The Kier molecular flexibility index (Phi) is 5.09. The average Bonchev–Trinajstić information content (AvgIpc) is 3.31. The molecule has 6 heteroatoms. The number of aliphatic hydroxyl groups is 1. The van der Waals surface area contributed by atoms with Crippen LogP contribution in [0.4, 0.5) is 5.69 Å². The second-order valence-electron chi connectivity index (χ2n) is 6.89. The summed E-state index contributed by atoms with van der Waals surface area (Å²) in [7, 11) is 0. The summed E-state index contributed by atoms with van der Waals surface area (Å²) >= 11 is 5.94. The van der Waals surface area contributed by atoms with Crippen LogP contribution in [0.1, 0.15) is 23.3 Å².